The van der Waals surface area contributed by atoms with Gasteiger partial charge in [0.15, 0.2) is 0 Å². The van der Waals surface area contributed by atoms with E-state index in [-0.39, 0.29) is 6.04 Å². The summed E-state index contributed by atoms with van der Waals surface area (Å²) in [4.78, 5) is 5.41. The van der Waals surface area contributed by atoms with E-state index in [0.717, 1.165) is 10.2 Å². The maximum Gasteiger partial charge on any atom is 0.0751 e. The van der Waals surface area contributed by atoms with Crippen LogP contribution in [0.4, 0.5) is 0 Å². The molecule has 96 valence electrons. The topological polar surface area (TPSA) is 26.0 Å². The predicted octanol–water partition coefficient (Wildman–Crippen LogP) is 4.72. The third-order valence-electron chi connectivity index (χ3n) is 3.07. The van der Waals surface area contributed by atoms with E-state index in [0.29, 0.717) is 0 Å². The first kappa shape index (κ1) is 13.2. The number of thiophene rings is 2. The molecule has 0 bridgehead atoms. The summed E-state index contributed by atoms with van der Waals surface area (Å²) >= 11 is 9.34. The lowest BCUT2D eigenvalue weighted by Gasteiger charge is -2.08. The van der Waals surface area contributed by atoms with Gasteiger partial charge in [0.2, 0.25) is 0 Å². The van der Waals surface area contributed by atoms with Crippen LogP contribution in [-0.2, 0) is 12.2 Å². The van der Waals surface area contributed by atoms with Crippen LogP contribution in [0, 0.1) is 6.92 Å². The minimum absolute atomic E-state index is 0.0266. The van der Waals surface area contributed by atoms with Gasteiger partial charge in [0.1, 0.15) is 0 Å². The van der Waals surface area contributed by atoms with Crippen LogP contribution < -0.4 is 5.73 Å². The summed E-state index contributed by atoms with van der Waals surface area (Å²) in [7, 11) is 0. The number of nitrogens with two attached hydrogens (primary N) is 1. The van der Waals surface area contributed by atoms with E-state index in [1.54, 1.807) is 16.2 Å². The van der Waals surface area contributed by atoms with Gasteiger partial charge in [-0.25, -0.2) is 0 Å². The fourth-order valence-corrected chi connectivity index (χ4v) is 6.55. The Kier molecular flexibility index (Phi) is 3.87. The van der Waals surface area contributed by atoms with Gasteiger partial charge in [0, 0.05) is 29.7 Å². The highest BCUT2D eigenvalue weighted by atomic mass is 79.9. The van der Waals surface area contributed by atoms with Gasteiger partial charge in [-0.05, 0) is 52.7 Å². The second-order valence-corrected chi connectivity index (χ2v) is 8.86. The second kappa shape index (κ2) is 5.29. The molecule has 1 atom stereocenters. The average molecular weight is 360 g/mol. The lowest BCUT2D eigenvalue weighted by molar-refractivity contribution is 0.911. The molecule has 0 fully saturated rings. The van der Waals surface area contributed by atoms with Crippen molar-refractivity contribution in [3.05, 3.63) is 41.7 Å². The molecule has 3 heterocycles. The van der Waals surface area contributed by atoms with Crippen molar-refractivity contribution in [3.63, 3.8) is 0 Å². The van der Waals surface area contributed by atoms with Crippen molar-refractivity contribution in [2.45, 2.75) is 25.1 Å². The number of hydrogen-bond donors (Lipinski definition) is 1. The normalized spacial score (nSPS) is 16.6. The first-order valence-electron chi connectivity index (χ1n) is 5.86. The Hall–Kier alpha value is 0.190. The van der Waals surface area contributed by atoms with Gasteiger partial charge in [0.05, 0.1) is 6.04 Å². The minimum Gasteiger partial charge on any atom is -0.319 e. The third-order valence-corrected chi connectivity index (χ3v) is 7.45. The van der Waals surface area contributed by atoms with Crippen molar-refractivity contribution >= 4 is 50.4 Å². The van der Waals surface area contributed by atoms with Crippen molar-refractivity contribution in [3.8, 4) is 0 Å². The number of halogens is 1. The van der Waals surface area contributed by atoms with E-state index in [1.165, 1.54) is 32.4 Å². The highest BCUT2D eigenvalue weighted by Crippen LogP contribution is 2.39. The number of rotatable bonds is 2. The zero-order valence-electron chi connectivity index (χ0n) is 10.0. The number of fused-ring (bicyclic) bond motifs is 1. The Labute approximate surface area is 128 Å². The predicted molar refractivity (Wildman–Crippen MR) is 87.0 cm³/mol. The molecule has 1 nitrogen and oxygen atoms in total. The summed E-state index contributed by atoms with van der Waals surface area (Å²) in [6.07, 6.45) is 1.21. The molecule has 1 aliphatic rings. The van der Waals surface area contributed by atoms with E-state index < -0.39 is 0 Å². The molecular weight excluding hydrogens is 346 g/mol. The van der Waals surface area contributed by atoms with Crippen LogP contribution in [0.1, 0.15) is 31.1 Å². The monoisotopic (exact) mass is 359 g/mol. The van der Waals surface area contributed by atoms with Gasteiger partial charge < -0.3 is 5.73 Å². The molecule has 0 saturated carbocycles. The lowest BCUT2D eigenvalue weighted by atomic mass is 10.1. The molecule has 0 aromatic carbocycles. The summed E-state index contributed by atoms with van der Waals surface area (Å²) in [5, 5.41) is 0. The standard InChI is InChI=1S/C13H14BrNS3/c1-7-4-9(14)13(17-7)12(15)11-5-8-6-16-3-2-10(8)18-11/h4-5,12H,2-3,6,15H2,1H3. The number of thioether (sulfide) groups is 1. The molecule has 2 aromatic heterocycles. The second-order valence-electron chi connectivity index (χ2n) is 4.45. The molecule has 2 N–H and O–H groups in total. The van der Waals surface area contributed by atoms with Crippen LogP contribution in [0.5, 0.6) is 0 Å². The zero-order valence-corrected chi connectivity index (χ0v) is 14.1. The third kappa shape index (κ3) is 2.43. The Morgan fingerprint density at radius 3 is 2.83 bits per heavy atom. The van der Waals surface area contributed by atoms with Crippen molar-refractivity contribution in [2.75, 3.05) is 5.75 Å². The maximum atomic E-state index is 6.43. The van der Waals surface area contributed by atoms with E-state index >= 15 is 0 Å². The molecule has 1 unspecified atom stereocenters. The summed E-state index contributed by atoms with van der Waals surface area (Å²) in [6, 6.07) is 4.50. The molecule has 0 spiro atoms. The Bertz CT molecular complexity index is 549. The quantitative estimate of drug-likeness (QED) is 0.839. The van der Waals surface area contributed by atoms with Crippen LogP contribution in [0.25, 0.3) is 0 Å². The summed E-state index contributed by atoms with van der Waals surface area (Å²) in [6.45, 7) is 2.13. The Balaban J connectivity index is 1.94. The van der Waals surface area contributed by atoms with Crippen molar-refractivity contribution in [2.24, 2.45) is 5.73 Å². The molecular formula is C13H14BrNS3. The molecule has 5 heteroatoms. The van der Waals surface area contributed by atoms with Crippen LogP contribution in [0.3, 0.4) is 0 Å². The number of aryl methyl sites for hydroxylation is 2. The SMILES string of the molecule is Cc1cc(Br)c(C(N)c2cc3c(s2)CCSC3)s1. The molecule has 0 aliphatic carbocycles. The van der Waals surface area contributed by atoms with Crippen molar-refractivity contribution in [1.29, 1.82) is 0 Å². The minimum atomic E-state index is 0.0266. The fraction of sp³-hybridized carbons (Fsp3) is 0.385. The highest BCUT2D eigenvalue weighted by molar-refractivity contribution is 9.10. The van der Waals surface area contributed by atoms with Gasteiger partial charge in [-0.3, -0.25) is 0 Å². The Morgan fingerprint density at radius 2 is 2.17 bits per heavy atom. The van der Waals surface area contributed by atoms with Crippen molar-refractivity contribution in [1.82, 2.24) is 0 Å². The molecule has 0 saturated heterocycles. The van der Waals surface area contributed by atoms with E-state index in [9.17, 15) is 0 Å². The fourth-order valence-electron chi connectivity index (χ4n) is 2.17. The van der Waals surface area contributed by atoms with Gasteiger partial charge in [-0.15, -0.1) is 22.7 Å². The van der Waals surface area contributed by atoms with Gasteiger partial charge >= 0.3 is 0 Å². The summed E-state index contributed by atoms with van der Waals surface area (Å²) < 4.78 is 1.15. The average Bonchev–Trinajstić information content (AvgIpc) is 2.91. The molecule has 2 aromatic rings. The van der Waals surface area contributed by atoms with Crippen LogP contribution in [0.15, 0.2) is 16.6 Å². The maximum absolute atomic E-state index is 6.43. The number of hydrogen-bond acceptors (Lipinski definition) is 4. The van der Waals surface area contributed by atoms with Crippen molar-refractivity contribution < 1.29 is 0 Å². The highest BCUT2D eigenvalue weighted by Gasteiger charge is 2.20. The van der Waals surface area contributed by atoms with Gasteiger partial charge in [-0.1, -0.05) is 0 Å². The lowest BCUT2D eigenvalue weighted by Crippen LogP contribution is -2.08. The molecule has 0 radical (unpaired) electrons. The Morgan fingerprint density at radius 1 is 1.33 bits per heavy atom. The van der Waals surface area contributed by atoms with Gasteiger partial charge in [-0.2, -0.15) is 11.8 Å². The van der Waals surface area contributed by atoms with Crippen LogP contribution >= 0.6 is 50.4 Å². The molecule has 3 rings (SSSR count). The van der Waals surface area contributed by atoms with Crippen LogP contribution in [0.2, 0.25) is 0 Å². The largest absolute Gasteiger partial charge is 0.319 e. The molecule has 18 heavy (non-hydrogen) atoms. The van der Waals surface area contributed by atoms with Crippen LogP contribution in [-0.4, -0.2) is 5.75 Å². The van der Waals surface area contributed by atoms with Gasteiger partial charge in [0.25, 0.3) is 0 Å². The molecule has 0 amide bonds. The molecule has 1 aliphatic heterocycles. The van der Waals surface area contributed by atoms with E-state index in [1.807, 2.05) is 23.1 Å². The first-order chi connectivity index (χ1) is 8.65. The smallest absolute Gasteiger partial charge is 0.0751 e. The van der Waals surface area contributed by atoms with E-state index in [2.05, 4.69) is 35.0 Å². The summed E-state index contributed by atoms with van der Waals surface area (Å²) in [5.41, 5.74) is 7.93. The first-order valence-corrected chi connectivity index (χ1v) is 9.44. The van der Waals surface area contributed by atoms with E-state index in [4.69, 9.17) is 5.73 Å². The zero-order chi connectivity index (χ0) is 12.7. The summed E-state index contributed by atoms with van der Waals surface area (Å²) in [5.74, 6) is 2.41.